The van der Waals surface area contributed by atoms with Crippen LogP contribution in [0.15, 0.2) is 40.7 Å². The normalized spacial score (nSPS) is 19.1. The highest BCUT2D eigenvalue weighted by Gasteiger charge is 2.31. The quantitative estimate of drug-likeness (QED) is 0.332. The van der Waals surface area contributed by atoms with Crippen molar-refractivity contribution >= 4 is 34.3 Å². The Bertz CT molecular complexity index is 1170. The number of nitrogens with zero attached hydrogens (tertiary/aromatic N) is 3. The van der Waals surface area contributed by atoms with Crippen LogP contribution < -0.4 is 10.6 Å². The van der Waals surface area contributed by atoms with Crippen LogP contribution in [0.5, 0.6) is 0 Å². The Hall–Kier alpha value is -3.89. The Morgan fingerprint density at radius 2 is 1.91 bits per heavy atom. The van der Waals surface area contributed by atoms with Crippen molar-refractivity contribution in [1.82, 2.24) is 15.1 Å². The van der Waals surface area contributed by atoms with Crippen molar-refractivity contribution in [3.8, 4) is 0 Å². The highest BCUT2D eigenvalue weighted by atomic mass is 16.6. The number of nitro groups is 1. The van der Waals surface area contributed by atoms with E-state index < -0.39 is 11.0 Å². The van der Waals surface area contributed by atoms with Gasteiger partial charge in [0.15, 0.2) is 17.4 Å². The summed E-state index contributed by atoms with van der Waals surface area (Å²) >= 11 is 0. The molecule has 0 aliphatic carbocycles. The van der Waals surface area contributed by atoms with Gasteiger partial charge in [0.05, 0.1) is 11.5 Å². The van der Waals surface area contributed by atoms with Gasteiger partial charge in [-0.1, -0.05) is 0 Å². The molecule has 186 valence electrons. The van der Waals surface area contributed by atoms with Gasteiger partial charge in [0.1, 0.15) is 11.6 Å². The summed E-state index contributed by atoms with van der Waals surface area (Å²) in [5.41, 5.74) is 1.04. The zero-order valence-corrected chi connectivity index (χ0v) is 19.6. The first-order valence-electron chi connectivity index (χ1n) is 11.8. The van der Waals surface area contributed by atoms with Crippen LogP contribution in [0.1, 0.15) is 49.6 Å². The number of hydrogen-bond donors (Lipinski definition) is 2. The number of furan rings is 1. The summed E-state index contributed by atoms with van der Waals surface area (Å²) in [6.07, 6.45) is 4.73. The predicted molar refractivity (Wildman–Crippen MR) is 128 cm³/mol. The second-order valence-electron chi connectivity index (χ2n) is 8.91. The average molecular weight is 484 g/mol. The number of rotatable bonds is 8. The zero-order chi connectivity index (χ0) is 24.9. The summed E-state index contributed by atoms with van der Waals surface area (Å²) in [5, 5.41) is 17.9. The summed E-state index contributed by atoms with van der Waals surface area (Å²) in [6, 6.07) is 5.94. The van der Waals surface area contributed by atoms with E-state index in [1.165, 1.54) is 6.92 Å². The van der Waals surface area contributed by atoms with Crippen LogP contribution in [-0.2, 0) is 9.59 Å². The van der Waals surface area contributed by atoms with E-state index in [0.29, 0.717) is 29.6 Å². The van der Waals surface area contributed by atoms with Gasteiger partial charge in [-0.05, 0) is 56.4 Å². The topological polar surface area (TPSA) is 138 Å². The Morgan fingerprint density at radius 1 is 1.17 bits per heavy atom. The molecule has 11 nitrogen and oxygen atoms in total. The third-order valence-corrected chi connectivity index (χ3v) is 6.27. The molecule has 2 N–H and O–H groups in total. The van der Waals surface area contributed by atoms with E-state index >= 15 is 0 Å². The van der Waals surface area contributed by atoms with E-state index in [-0.39, 0.29) is 35.7 Å². The fourth-order valence-electron chi connectivity index (χ4n) is 4.47. The first-order valence-corrected chi connectivity index (χ1v) is 11.8. The second kappa shape index (κ2) is 10.6. The number of amides is 2. The number of nitrogens with one attached hydrogen (secondary N) is 2. The van der Waals surface area contributed by atoms with Crippen LogP contribution in [0.4, 0.5) is 5.69 Å². The Kier molecular flexibility index (Phi) is 7.33. The number of Topliss-reactive ketones (excluding diaryl/α,β-unsaturated/α-hetero) is 1. The predicted octanol–water partition coefficient (Wildman–Crippen LogP) is 2.72. The molecule has 0 radical (unpaired) electrons. The van der Waals surface area contributed by atoms with Crippen molar-refractivity contribution in [3.05, 3.63) is 52.2 Å². The zero-order valence-electron chi connectivity index (χ0n) is 19.6. The number of fused-ring (bicyclic) bond motifs is 1. The number of carbonyl (C=O) groups excluding carboxylic acids is 3. The van der Waals surface area contributed by atoms with Crippen molar-refractivity contribution in [3.63, 3.8) is 0 Å². The van der Waals surface area contributed by atoms with Gasteiger partial charge in [0.25, 0.3) is 6.20 Å². The van der Waals surface area contributed by atoms with Gasteiger partial charge in [-0.2, -0.15) is 0 Å². The Morgan fingerprint density at radius 3 is 2.63 bits per heavy atom. The summed E-state index contributed by atoms with van der Waals surface area (Å²) in [7, 11) is 0. The molecule has 2 aliphatic rings. The third-order valence-electron chi connectivity index (χ3n) is 6.27. The fraction of sp³-hybridized carbons (Fsp3) is 0.458. The highest BCUT2D eigenvalue weighted by molar-refractivity contribution is 5.96. The van der Waals surface area contributed by atoms with Crippen LogP contribution in [-0.4, -0.2) is 64.5 Å². The number of benzene rings is 1. The van der Waals surface area contributed by atoms with E-state index in [4.69, 9.17) is 4.42 Å². The second-order valence-corrected chi connectivity index (χ2v) is 8.91. The van der Waals surface area contributed by atoms with Gasteiger partial charge in [0.2, 0.25) is 11.8 Å². The number of hydrogen-bond acceptors (Lipinski definition) is 8. The Labute approximate surface area is 202 Å². The standard InChI is InChI=1S/C24H29N5O6/c1-16(30)21-13-17-12-18(7-8-20(17)35-21)25-22(14-29(33)34)26-19-6-2-3-11-28(24(19)32)15-23(31)27-9-4-5-10-27/h7-8,12-14,19,25-26H,2-6,9-11,15H2,1H3/t19-/m0/s1. The minimum Gasteiger partial charge on any atom is -0.453 e. The molecule has 35 heavy (non-hydrogen) atoms. The molecule has 2 aromatic rings. The maximum absolute atomic E-state index is 13.2. The van der Waals surface area contributed by atoms with E-state index in [1.807, 2.05) is 0 Å². The average Bonchev–Trinajstić information content (AvgIpc) is 3.46. The summed E-state index contributed by atoms with van der Waals surface area (Å²) in [6.45, 7) is 3.35. The molecule has 1 aromatic carbocycles. The third kappa shape index (κ3) is 5.97. The molecule has 0 spiro atoms. The van der Waals surface area contributed by atoms with Crippen LogP contribution >= 0.6 is 0 Å². The molecular formula is C24H29N5O6. The maximum atomic E-state index is 13.2. The number of anilines is 1. The summed E-state index contributed by atoms with van der Waals surface area (Å²) in [5.74, 6) is -0.234. The summed E-state index contributed by atoms with van der Waals surface area (Å²) < 4.78 is 5.49. The molecule has 1 aromatic heterocycles. The SMILES string of the molecule is CC(=O)c1cc2cc(NC(=C[N+](=O)[O-])N[C@H]3CCCCN(CC(=O)N4CCCC4)C3=O)ccc2o1. The van der Waals surface area contributed by atoms with Crippen molar-refractivity contribution in [2.45, 2.75) is 45.1 Å². The van der Waals surface area contributed by atoms with Crippen LogP contribution in [0.3, 0.4) is 0 Å². The number of carbonyl (C=O) groups is 3. The van der Waals surface area contributed by atoms with E-state index in [2.05, 4.69) is 10.6 Å². The molecule has 11 heteroatoms. The lowest BCUT2D eigenvalue weighted by Crippen LogP contribution is -2.49. The lowest BCUT2D eigenvalue weighted by molar-refractivity contribution is -0.403. The minimum absolute atomic E-state index is 0.0222. The minimum atomic E-state index is -0.704. The number of likely N-dealkylation sites (tertiary alicyclic amines) is 2. The molecule has 2 fully saturated rings. The van der Waals surface area contributed by atoms with Crippen LogP contribution in [0, 0.1) is 10.1 Å². The molecule has 4 rings (SSSR count). The molecule has 2 amide bonds. The summed E-state index contributed by atoms with van der Waals surface area (Å²) in [4.78, 5) is 51.4. The Balaban J connectivity index is 1.48. The molecule has 0 unspecified atom stereocenters. The maximum Gasteiger partial charge on any atom is 0.274 e. The van der Waals surface area contributed by atoms with Crippen molar-refractivity contribution < 1.29 is 23.7 Å². The van der Waals surface area contributed by atoms with Crippen molar-refractivity contribution in [2.24, 2.45) is 0 Å². The molecule has 0 saturated carbocycles. The largest absolute Gasteiger partial charge is 0.453 e. The van der Waals surface area contributed by atoms with Crippen LogP contribution in [0.25, 0.3) is 11.0 Å². The first-order chi connectivity index (χ1) is 16.8. The molecule has 1 atom stereocenters. The van der Waals surface area contributed by atoms with E-state index in [0.717, 1.165) is 45.0 Å². The monoisotopic (exact) mass is 483 g/mol. The van der Waals surface area contributed by atoms with E-state index in [9.17, 15) is 24.5 Å². The van der Waals surface area contributed by atoms with Crippen LogP contribution in [0.2, 0.25) is 0 Å². The molecule has 0 bridgehead atoms. The first kappa shape index (κ1) is 24.2. The molecule has 2 saturated heterocycles. The van der Waals surface area contributed by atoms with Gasteiger partial charge in [-0.3, -0.25) is 24.5 Å². The molecular weight excluding hydrogens is 454 g/mol. The van der Waals surface area contributed by atoms with E-state index in [1.54, 1.807) is 34.1 Å². The van der Waals surface area contributed by atoms with Gasteiger partial charge < -0.3 is 24.9 Å². The highest BCUT2D eigenvalue weighted by Crippen LogP contribution is 2.24. The van der Waals surface area contributed by atoms with Crippen molar-refractivity contribution in [1.29, 1.82) is 0 Å². The van der Waals surface area contributed by atoms with Gasteiger partial charge >= 0.3 is 0 Å². The molecule has 2 aliphatic heterocycles. The lowest BCUT2D eigenvalue weighted by atomic mass is 10.1. The van der Waals surface area contributed by atoms with Gasteiger partial charge in [0, 0.05) is 37.6 Å². The van der Waals surface area contributed by atoms with Gasteiger partial charge in [-0.15, -0.1) is 0 Å². The lowest BCUT2D eigenvalue weighted by Gasteiger charge is -2.27. The van der Waals surface area contributed by atoms with Gasteiger partial charge in [-0.25, -0.2) is 0 Å². The fourth-order valence-corrected chi connectivity index (χ4v) is 4.47. The smallest absolute Gasteiger partial charge is 0.274 e. The van der Waals surface area contributed by atoms with Crippen molar-refractivity contribution in [2.75, 3.05) is 31.5 Å². The number of ketones is 1. The molecule has 3 heterocycles.